The van der Waals surface area contributed by atoms with Crippen molar-refractivity contribution in [3.05, 3.63) is 35.7 Å². The summed E-state index contributed by atoms with van der Waals surface area (Å²) in [4.78, 5) is 12.2. The van der Waals surface area contributed by atoms with E-state index in [-0.39, 0.29) is 18.6 Å². The Morgan fingerprint density at radius 3 is 2.96 bits per heavy atom. The molecule has 0 spiro atoms. The van der Waals surface area contributed by atoms with E-state index in [4.69, 9.17) is 9.47 Å². The van der Waals surface area contributed by atoms with Crippen molar-refractivity contribution in [3.8, 4) is 5.75 Å². The number of carbonyl (C=O) groups excluding carboxylic acids is 1. The van der Waals surface area contributed by atoms with E-state index in [1.807, 2.05) is 20.8 Å². The third-order valence-electron chi connectivity index (χ3n) is 3.47. The monoisotopic (exact) mass is 347 g/mol. The summed E-state index contributed by atoms with van der Waals surface area (Å²) in [5.41, 5.74) is 0.553. The first-order valence-electron chi connectivity index (χ1n) is 8.47. The predicted octanol–water partition coefficient (Wildman–Crippen LogP) is 1.99. The van der Waals surface area contributed by atoms with Crippen LogP contribution in [-0.4, -0.2) is 45.9 Å². The van der Waals surface area contributed by atoms with Crippen LogP contribution in [0.2, 0.25) is 0 Å². The Labute approximate surface area is 147 Å². The molecule has 8 heteroatoms. The number of aromatic nitrogens is 4. The van der Waals surface area contributed by atoms with Crippen LogP contribution < -0.4 is 10.1 Å². The second-order valence-corrected chi connectivity index (χ2v) is 5.76. The number of tetrazole rings is 1. The van der Waals surface area contributed by atoms with Crippen LogP contribution >= 0.6 is 0 Å². The second kappa shape index (κ2) is 9.73. The number of amides is 1. The zero-order valence-electron chi connectivity index (χ0n) is 14.9. The van der Waals surface area contributed by atoms with Crippen molar-refractivity contribution >= 4 is 5.91 Å². The summed E-state index contributed by atoms with van der Waals surface area (Å²) in [6, 6.07) is 7.21. The molecule has 0 bridgehead atoms. The lowest BCUT2D eigenvalue weighted by Crippen LogP contribution is -2.25. The van der Waals surface area contributed by atoms with Crippen molar-refractivity contribution in [2.75, 3.05) is 19.8 Å². The molecule has 1 N–H and O–H groups in total. The molecule has 1 heterocycles. The Kier molecular flexibility index (Phi) is 7.34. The number of carbonyl (C=O) groups is 1. The minimum Gasteiger partial charge on any atom is -0.486 e. The van der Waals surface area contributed by atoms with Crippen molar-refractivity contribution in [2.24, 2.45) is 0 Å². The minimum atomic E-state index is -0.131. The molecule has 25 heavy (non-hydrogen) atoms. The van der Waals surface area contributed by atoms with Gasteiger partial charge in [-0.25, -0.2) is 4.68 Å². The Hall–Kier alpha value is -2.48. The summed E-state index contributed by atoms with van der Waals surface area (Å²) in [6.45, 7) is 8.09. The maximum Gasteiger partial charge on any atom is 0.251 e. The Balaban J connectivity index is 1.88. The Morgan fingerprint density at radius 1 is 1.36 bits per heavy atom. The van der Waals surface area contributed by atoms with Crippen LogP contribution in [0.1, 0.15) is 49.4 Å². The molecule has 0 atom stereocenters. The fourth-order valence-corrected chi connectivity index (χ4v) is 2.21. The van der Waals surface area contributed by atoms with E-state index in [2.05, 4.69) is 20.8 Å². The van der Waals surface area contributed by atoms with E-state index in [9.17, 15) is 4.79 Å². The SMILES string of the molecule is CCOCCCNC(=O)c1cccc(OCc2nnnn2C(C)C)c1. The maximum atomic E-state index is 12.2. The van der Waals surface area contributed by atoms with E-state index >= 15 is 0 Å². The van der Waals surface area contributed by atoms with Gasteiger partial charge < -0.3 is 14.8 Å². The van der Waals surface area contributed by atoms with E-state index in [1.165, 1.54) is 0 Å². The van der Waals surface area contributed by atoms with Gasteiger partial charge in [0.15, 0.2) is 5.82 Å². The molecule has 0 saturated carbocycles. The zero-order valence-corrected chi connectivity index (χ0v) is 14.9. The third-order valence-corrected chi connectivity index (χ3v) is 3.47. The van der Waals surface area contributed by atoms with Gasteiger partial charge in [0.1, 0.15) is 12.4 Å². The van der Waals surface area contributed by atoms with Gasteiger partial charge >= 0.3 is 0 Å². The van der Waals surface area contributed by atoms with Crippen LogP contribution in [-0.2, 0) is 11.3 Å². The molecule has 0 saturated heterocycles. The lowest BCUT2D eigenvalue weighted by Gasteiger charge is -2.10. The lowest BCUT2D eigenvalue weighted by atomic mass is 10.2. The molecule has 2 rings (SSSR count). The second-order valence-electron chi connectivity index (χ2n) is 5.76. The molecule has 0 aliphatic heterocycles. The van der Waals surface area contributed by atoms with Crippen molar-refractivity contribution in [1.82, 2.24) is 25.5 Å². The topological polar surface area (TPSA) is 91.2 Å². The fourth-order valence-electron chi connectivity index (χ4n) is 2.21. The molecule has 1 aromatic carbocycles. The molecule has 0 aliphatic carbocycles. The summed E-state index contributed by atoms with van der Waals surface area (Å²) in [7, 11) is 0. The lowest BCUT2D eigenvalue weighted by molar-refractivity contribution is 0.0943. The minimum absolute atomic E-state index is 0.131. The van der Waals surface area contributed by atoms with Crippen molar-refractivity contribution in [1.29, 1.82) is 0 Å². The van der Waals surface area contributed by atoms with Crippen molar-refractivity contribution in [3.63, 3.8) is 0 Å². The number of ether oxygens (including phenoxy) is 2. The average molecular weight is 347 g/mol. The van der Waals surface area contributed by atoms with Crippen LogP contribution in [0.15, 0.2) is 24.3 Å². The van der Waals surface area contributed by atoms with Gasteiger partial charge in [-0.15, -0.1) is 5.10 Å². The summed E-state index contributed by atoms with van der Waals surface area (Å²) >= 11 is 0. The first-order valence-corrected chi connectivity index (χ1v) is 8.47. The van der Waals surface area contributed by atoms with Gasteiger partial charge in [-0.05, 0) is 55.8 Å². The number of nitrogens with one attached hydrogen (secondary N) is 1. The zero-order chi connectivity index (χ0) is 18.1. The summed E-state index contributed by atoms with van der Waals surface area (Å²) in [5, 5.41) is 14.4. The van der Waals surface area contributed by atoms with Crippen LogP contribution in [0.3, 0.4) is 0 Å². The van der Waals surface area contributed by atoms with Gasteiger partial charge in [0.05, 0.1) is 6.04 Å². The molecule has 0 aliphatic rings. The van der Waals surface area contributed by atoms with Crippen molar-refractivity contribution in [2.45, 2.75) is 39.8 Å². The highest BCUT2D eigenvalue weighted by Gasteiger charge is 2.11. The van der Waals surface area contributed by atoms with Gasteiger partial charge in [0.25, 0.3) is 5.91 Å². The molecule has 1 amide bonds. The first-order chi connectivity index (χ1) is 12.1. The summed E-state index contributed by atoms with van der Waals surface area (Å²) < 4.78 is 12.7. The number of nitrogens with zero attached hydrogens (tertiary/aromatic N) is 4. The highest BCUT2D eigenvalue weighted by molar-refractivity contribution is 5.94. The largest absolute Gasteiger partial charge is 0.486 e. The highest BCUT2D eigenvalue weighted by Crippen LogP contribution is 2.15. The molecule has 2 aromatic rings. The quantitative estimate of drug-likeness (QED) is 0.661. The van der Waals surface area contributed by atoms with Crippen LogP contribution in [0.4, 0.5) is 0 Å². The molecule has 0 unspecified atom stereocenters. The highest BCUT2D eigenvalue weighted by atomic mass is 16.5. The molecular weight excluding hydrogens is 322 g/mol. The Morgan fingerprint density at radius 2 is 2.20 bits per heavy atom. The molecule has 0 fully saturated rings. The molecule has 0 radical (unpaired) electrons. The van der Waals surface area contributed by atoms with Crippen LogP contribution in [0, 0.1) is 0 Å². The van der Waals surface area contributed by atoms with E-state index in [0.717, 1.165) is 6.42 Å². The van der Waals surface area contributed by atoms with Gasteiger partial charge in [-0.2, -0.15) is 0 Å². The number of rotatable bonds is 10. The van der Waals surface area contributed by atoms with Gasteiger partial charge in [-0.1, -0.05) is 6.07 Å². The smallest absolute Gasteiger partial charge is 0.251 e. The Bertz CT molecular complexity index is 672. The third kappa shape index (κ3) is 5.82. The van der Waals surface area contributed by atoms with E-state index in [0.29, 0.717) is 36.9 Å². The number of benzene rings is 1. The standard InChI is InChI=1S/C17H25N5O3/c1-4-24-10-6-9-18-17(23)14-7-5-8-15(11-14)25-12-16-19-20-21-22(16)13(2)3/h5,7-8,11,13H,4,6,9-10,12H2,1-3H3,(H,18,23). The molecular formula is C17H25N5O3. The van der Waals surface area contributed by atoms with Crippen LogP contribution in [0.5, 0.6) is 5.75 Å². The maximum absolute atomic E-state index is 12.2. The van der Waals surface area contributed by atoms with Gasteiger partial charge in [0.2, 0.25) is 0 Å². The predicted molar refractivity (Wildman–Crippen MR) is 92.4 cm³/mol. The van der Waals surface area contributed by atoms with E-state index in [1.54, 1.807) is 28.9 Å². The molecule has 1 aromatic heterocycles. The number of hydrogen-bond donors (Lipinski definition) is 1. The molecule has 136 valence electrons. The summed E-state index contributed by atoms with van der Waals surface area (Å²) in [6.07, 6.45) is 0.785. The fraction of sp³-hybridized carbons (Fsp3) is 0.529. The van der Waals surface area contributed by atoms with Crippen LogP contribution in [0.25, 0.3) is 0 Å². The normalized spacial score (nSPS) is 10.9. The van der Waals surface area contributed by atoms with Crippen molar-refractivity contribution < 1.29 is 14.3 Å². The first kappa shape index (κ1) is 18.9. The average Bonchev–Trinajstić information content (AvgIpc) is 3.09. The van der Waals surface area contributed by atoms with Gasteiger partial charge in [0, 0.05) is 25.3 Å². The molecule has 8 nitrogen and oxygen atoms in total. The summed E-state index contributed by atoms with van der Waals surface area (Å²) in [5.74, 6) is 1.11. The van der Waals surface area contributed by atoms with Gasteiger partial charge in [-0.3, -0.25) is 4.79 Å². The number of hydrogen-bond acceptors (Lipinski definition) is 6. The van der Waals surface area contributed by atoms with E-state index < -0.39 is 0 Å².